The Morgan fingerprint density at radius 1 is 1.00 bits per heavy atom. The molecule has 0 bridgehead atoms. The number of piperidine rings is 1. The fourth-order valence-electron chi connectivity index (χ4n) is 2.64. The van der Waals surface area contributed by atoms with Crippen LogP contribution in [0.25, 0.3) is 0 Å². The number of pyridine rings is 1. The van der Waals surface area contributed by atoms with Crippen molar-refractivity contribution in [3.63, 3.8) is 0 Å². The van der Waals surface area contributed by atoms with Crippen molar-refractivity contribution in [2.75, 3.05) is 13.1 Å². The normalized spacial score (nSPS) is 17.0. The second kappa shape index (κ2) is 6.53. The second-order valence-corrected chi connectivity index (χ2v) is 5.26. The van der Waals surface area contributed by atoms with Gasteiger partial charge in [-0.25, -0.2) is 0 Å². The van der Waals surface area contributed by atoms with E-state index in [2.05, 4.69) is 40.2 Å². The Bertz CT molecular complexity index is 458. The average molecular weight is 268 g/mol. The molecule has 0 spiro atoms. The van der Waals surface area contributed by atoms with Crippen LogP contribution in [-0.4, -0.2) is 29.1 Å². The minimum absolute atomic E-state index is 0.337. The maximum Gasteiger partial charge on any atom is 0.122 e. The van der Waals surface area contributed by atoms with Gasteiger partial charge in [0.15, 0.2) is 0 Å². The molecule has 1 aliphatic heterocycles. The second-order valence-electron chi connectivity index (χ2n) is 5.26. The number of rotatable bonds is 4. The van der Waals surface area contributed by atoms with Gasteiger partial charge in [-0.05, 0) is 30.5 Å². The molecule has 1 aromatic heterocycles. The maximum atomic E-state index is 5.99. The van der Waals surface area contributed by atoms with Crippen molar-refractivity contribution in [1.29, 1.82) is 0 Å². The third-order valence-corrected chi connectivity index (χ3v) is 3.74. The van der Waals surface area contributed by atoms with Gasteiger partial charge >= 0.3 is 0 Å². The molecule has 0 saturated carbocycles. The topological polar surface area (TPSA) is 25.4 Å². The highest BCUT2D eigenvalue weighted by molar-refractivity contribution is 5.17. The van der Waals surface area contributed by atoms with Gasteiger partial charge in [0.2, 0.25) is 0 Å². The van der Waals surface area contributed by atoms with Crippen molar-refractivity contribution in [2.45, 2.75) is 25.5 Å². The van der Waals surface area contributed by atoms with Crippen molar-refractivity contribution in [1.82, 2.24) is 9.88 Å². The summed E-state index contributed by atoms with van der Waals surface area (Å²) in [5.74, 6) is 0.932. The molecule has 0 atom stereocenters. The number of benzene rings is 1. The first-order valence-electron chi connectivity index (χ1n) is 7.23. The van der Waals surface area contributed by atoms with Crippen LogP contribution in [0.1, 0.15) is 18.4 Å². The van der Waals surface area contributed by atoms with E-state index in [9.17, 15) is 0 Å². The molecule has 0 aliphatic carbocycles. The Balaban J connectivity index is 1.47. The fourth-order valence-corrected chi connectivity index (χ4v) is 2.64. The van der Waals surface area contributed by atoms with Gasteiger partial charge in [-0.1, -0.05) is 30.3 Å². The summed E-state index contributed by atoms with van der Waals surface area (Å²) in [6.45, 7) is 3.25. The molecule has 0 amide bonds. The summed E-state index contributed by atoms with van der Waals surface area (Å²) in [4.78, 5) is 6.51. The lowest BCUT2D eigenvalue weighted by Gasteiger charge is -2.32. The molecule has 2 aromatic rings. The predicted molar refractivity (Wildman–Crippen MR) is 79.6 cm³/mol. The lowest BCUT2D eigenvalue weighted by atomic mass is 10.1. The number of nitrogens with zero attached hydrogens (tertiary/aromatic N) is 2. The van der Waals surface area contributed by atoms with Crippen LogP contribution in [0.3, 0.4) is 0 Å². The smallest absolute Gasteiger partial charge is 0.122 e. The first kappa shape index (κ1) is 13.1. The summed E-state index contributed by atoms with van der Waals surface area (Å²) < 4.78 is 5.99. The molecule has 3 nitrogen and oxygen atoms in total. The van der Waals surface area contributed by atoms with Gasteiger partial charge in [0, 0.05) is 32.0 Å². The third kappa shape index (κ3) is 3.58. The van der Waals surface area contributed by atoms with Crippen LogP contribution in [0.15, 0.2) is 54.9 Å². The Hall–Kier alpha value is -1.87. The molecule has 104 valence electrons. The minimum Gasteiger partial charge on any atom is -0.490 e. The van der Waals surface area contributed by atoms with Gasteiger partial charge in [0.05, 0.1) is 0 Å². The molecule has 1 aromatic carbocycles. The van der Waals surface area contributed by atoms with E-state index in [1.807, 2.05) is 12.1 Å². The first-order chi connectivity index (χ1) is 9.90. The molecular weight excluding hydrogens is 248 g/mol. The predicted octanol–water partition coefficient (Wildman–Crippen LogP) is 3.13. The number of hydrogen-bond acceptors (Lipinski definition) is 3. The lowest BCUT2D eigenvalue weighted by molar-refractivity contribution is 0.0967. The van der Waals surface area contributed by atoms with E-state index in [4.69, 9.17) is 4.74 Å². The first-order valence-corrected chi connectivity index (χ1v) is 7.23. The van der Waals surface area contributed by atoms with Gasteiger partial charge in [0.1, 0.15) is 11.9 Å². The van der Waals surface area contributed by atoms with E-state index in [0.29, 0.717) is 6.10 Å². The number of likely N-dealkylation sites (tertiary alicyclic amines) is 1. The summed E-state index contributed by atoms with van der Waals surface area (Å²) in [5, 5.41) is 0. The van der Waals surface area contributed by atoms with E-state index in [-0.39, 0.29) is 0 Å². The SMILES string of the molecule is c1ccc(CN2CCC(Oc3ccncc3)CC2)cc1. The highest BCUT2D eigenvalue weighted by atomic mass is 16.5. The zero-order valence-corrected chi connectivity index (χ0v) is 11.6. The quantitative estimate of drug-likeness (QED) is 0.852. The van der Waals surface area contributed by atoms with Crippen LogP contribution >= 0.6 is 0 Å². The largest absolute Gasteiger partial charge is 0.490 e. The van der Waals surface area contributed by atoms with Gasteiger partial charge in [0.25, 0.3) is 0 Å². The van der Waals surface area contributed by atoms with E-state index in [1.165, 1.54) is 5.56 Å². The number of hydrogen-bond donors (Lipinski definition) is 0. The van der Waals surface area contributed by atoms with Crippen molar-refractivity contribution < 1.29 is 4.74 Å². The van der Waals surface area contributed by atoms with Crippen molar-refractivity contribution in [2.24, 2.45) is 0 Å². The molecule has 3 heteroatoms. The molecular formula is C17H20N2O. The molecule has 20 heavy (non-hydrogen) atoms. The van der Waals surface area contributed by atoms with Crippen LogP contribution in [0.2, 0.25) is 0 Å². The number of aromatic nitrogens is 1. The van der Waals surface area contributed by atoms with Crippen LogP contribution in [0, 0.1) is 0 Å². The van der Waals surface area contributed by atoms with Gasteiger partial charge in [-0.15, -0.1) is 0 Å². The Morgan fingerprint density at radius 3 is 2.40 bits per heavy atom. The van der Waals surface area contributed by atoms with Crippen LogP contribution in [0.4, 0.5) is 0 Å². The summed E-state index contributed by atoms with van der Waals surface area (Å²) in [6, 6.07) is 14.5. The molecule has 1 aliphatic rings. The van der Waals surface area contributed by atoms with Crippen molar-refractivity contribution in [3.05, 3.63) is 60.4 Å². The van der Waals surface area contributed by atoms with Gasteiger partial charge < -0.3 is 4.74 Å². The minimum atomic E-state index is 0.337. The highest BCUT2D eigenvalue weighted by Crippen LogP contribution is 2.19. The zero-order chi connectivity index (χ0) is 13.6. The number of ether oxygens (including phenoxy) is 1. The van der Waals surface area contributed by atoms with Gasteiger partial charge in [-0.3, -0.25) is 9.88 Å². The monoisotopic (exact) mass is 268 g/mol. The Labute approximate surface area is 120 Å². The zero-order valence-electron chi connectivity index (χ0n) is 11.6. The standard InChI is InChI=1S/C17H20N2O/c1-2-4-15(5-3-1)14-19-12-8-17(9-13-19)20-16-6-10-18-11-7-16/h1-7,10-11,17H,8-9,12-14H2. The molecule has 0 N–H and O–H groups in total. The molecule has 2 heterocycles. The fraction of sp³-hybridized carbons (Fsp3) is 0.353. The van der Waals surface area contributed by atoms with E-state index >= 15 is 0 Å². The van der Waals surface area contributed by atoms with Crippen molar-refractivity contribution in [3.8, 4) is 5.75 Å². The van der Waals surface area contributed by atoms with E-state index < -0.39 is 0 Å². The van der Waals surface area contributed by atoms with Gasteiger partial charge in [-0.2, -0.15) is 0 Å². The van der Waals surface area contributed by atoms with Crippen LogP contribution in [-0.2, 0) is 6.54 Å². The molecule has 1 fully saturated rings. The average Bonchev–Trinajstić information content (AvgIpc) is 2.51. The van der Waals surface area contributed by atoms with E-state index in [1.54, 1.807) is 12.4 Å². The molecule has 1 saturated heterocycles. The summed E-state index contributed by atoms with van der Waals surface area (Å²) in [6.07, 6.45) is 6.08. The van der Waals surface area contributed by atoms with E-state index in [0.717, 1.165) is 38.2 Å². The summed E-state index contributed by atoms with van der Waals surface area (Å²) >= 11 is 0. The molecule has 0 radical (unpaired) electrons. The third-order valence-electron chi connectivity index (χ3n) is 3.74. The molecule has 3 rings (SSSR count). The van der Waals surface area contributed by atoms with Crippen molar-refractivity contribution >= 4 is 0 Å². The highest BCUT2D eigenvalue weighted by Gasteiger charge is 2.20. The lowest BCUT2D eigenvalue weighted by Crippen LogP contribution is -2.37. The summed E-state index contributed by atoms with van der Waals surface area (Å²) in [7, 11) is 0. The molecule has 0 unspecified atom stereocenters. The van der Waals surface area contributed by atoms with Crippen LogP contribution < -0.4 is 4.74 Å². The van der Waals surface area contributed by atoms with Crippen LogP contribution in [0.5, 0.6) is 5.75 Å². The Morgan fingerprint density at radius 2 is 1.70 bits per heavy atom. The summed E-state index contributed by atoms with van der Waals surface area (Å²) in [5.41, 5.74) is 1.39. The Kier molecular flexibility index (Phi) is 4.28. The maximum absolute atomic E-state index is 5.99.